The lowest BCUT2D eigenvalue weighted by Gasteiger charge is -2.03. The van der Waals surface area contributed by atoms with Gasteiger partial charge in [0.15, 0.2) is 0 Å². The Hall–Kier alpha value is -3.33. The standard InChI is InChI=1S/C22H17NO2/c1-24-18-11-9-17(10-12-18)23-15-19-13-14-22(25-19)21-8-4-6-16-5-2-3-7-20(16)21/h2-15H,1H3. The summed E-state index contributed by atoms with van der Waals surface area (Å²) in [4.78, 5) is 4.45. The van der Waals surface area contributed by atoms with Gasteiger partial charge in [-0.15, -0.1) is 0 Å². The van der Waals surface area contributed by atoms with Gasteiger partial charge in [0, 0.05) is 5.56 Å². The number of hydrogen-bond acceptors (Lipinski definition) is 3. The number of aliphatic imine (C=N–C) groups is 1. The van der Waals surface area contributed by atoms with Crippen molar-refractivity contribution in [2.75, 3.05) is 7.11 Å². The molecule has 0 aliphatic heterocycles. The van der Waals surface area contributed by atoms with Crippen molar-refractivity contribution in [3.8, 4) is 17.1 Å². The van der Waals surface area contributed by atoms with Crippen molar-refractivity contribution in [1.29, 1.82) is 0 Å². The Bertz CT molecular complexity index is 1020. The first kappa shape index (κ1) is 15.2. The molecule has 1 heterocycles. The van der Waals surface area contributed by atoms with Crippen LogP contribution >= 0.6 is 0 Å². The van der Waals surface area contributed by atoms with Crippen LogP contribution in [0.3, 0.4) is 0 Å². The van der Waals surface area contributed by atoms with E-state index >= 15 is 0 Å². The Labute approximate surface area is 146 Å². The number of fused-ring (bicyclic) bond motifs is 1. The maximum Gasteiger partial charge on any atom is 0.145 e. The first-order valence-corrected chi connectivity index (χ1v) is 8.09. The normalized spacial score (nSPS) is 11.2. The van der Waals surface area contributed by atoms with Crippen molar-refractivity contribution < 1.29 is 9.15 Å². The van der Waals surface area contributed by atoms with Crippen LogP contribution in [-0.2, 0) is 0 Å². The highest BCUT2D eigenvalue weighted by Crippen LogP contribution is 2.29. The number of nitrogens with zero attached hydrogens (tertiary/aromatic N) is 1. The van der Waals surface area contributed by atoms with E-state index in [-0.39, 0.29) is 0 Å². The average molecular weight is 327 g/mol. The maximum atomic E-state index is 5.97. The largest absolute Gasteiger partial charge is 0.497 e. The Morgan fingerprint density at radius 1 is 0.840 bits per heavy atom. The molecule has 0 spiro atoms. The van der Waals surface area contributed by atoms with E-state index in [0.29, 0.717) is 0 Å². The van der Waals surface area contributed by atoms with Crippen LogP contribution in [0.15, 0.2) is 88.3 Å². The third kappa shape index (κ3) is 3.17. The molecule has 0 radical (unpaired) electrons. The fourth-order valence-electron chi connectivity index (χ4n) is 2.81. The molecule has 0 saturated carbocycles. The average Bonchev–Trinajstić information content (AvgIpc) is 3.15. The summed E-state index contributed by atoms with van der Waals surface area (Å²) >= 11 is 0. The summed E-state index contributed by atoms with van der Waals surface area (Å²) in [6.45, 7) is 0. The van der Waals surface area contributed by atoms with E-state index < -0.39 is 0 Å². The molecule has 122 valence electrons. The van der Waals surface area contributed by atoms with Gasteiger partial charge in [0.25, 0.3) is 0 Å². The van der Waals surface area contributed by atoms with E-state index in [9.17, 15) is 0 Å². The van der Waals surface area contributed by atoms with Gasteiger partial charge in [-0.25, -0.2) is 0 Å². The van der Waals surface area contributed by atoms with Gasteiger partial charge in [-0.05, 0) is 47.2 Å². The van der Waals surface area contributed by atoms with Crippen molar-refractivity contribution in [3.63, 3.8) is 0 Å². The molecule has 0 unspecified atom stereocenters. The quantitative estimate of drug-likeness (QED) is 0.440. The van der Waals surface area contributed by atoms with Gasteiger partial charge in [-0.2, -0.15) is 0 Å². The lowest BCUT2D eigenvalue weighted by molar-refractivity contribution is 0.415. The van der Waals surface area contributed by atoms with Gasteiger partial charge in [-0.3, -0.25) is 4.99 Å². The van der Waals surface area contributed by atoms with Gasteiger partial charge >= 0.3 is 0 Å². The van der Waals surface area contributed by atoms with E-state index in [0.717, 1.165) is 28.5 Å². The van der Waals surface area contributed by atoms with Crippen LogP contribution in [0.4, 0.5) is 5.69 Å². The third-order valence-corrected chi connectivity index (χ3v) is 4.10. The molecule has 25 heavy (non-hydrogen) atoms. The van der Waals surface area contributed by atoms with Crippen molar-refractivity contribution in [1.82, 2.24) is 0 Å². The minimum atomic E-state index is 0.721. The van der Waals surface area contributed by atoms with Crippen LogP contribution in [0.2, 0.25) is 0 Å². The number of rotatable bonds is 4. The Kier molecular flexibility index (Phi) is 4.05. The predicted molar refractivity (Wildman–Crippen MR) is 102 cm³/mol. The fourth-order valence-corrected chi connectivity index (χ4v) is 2.81. The number of methoxy groups -OCH3 is 1. The molecule has 0 saturated heterocycles. The third-order valence-electron chi connectivity index (χ3n) is 4.10. The van der Waals surface area contributed by atoms with Gasteiger partial charge < -0.3 is 9.15 Å². The zero-order valence-corrected chi connectivity index (χ0v) is 13.8. The summed E-state index contributed by atoms with van der Waals surface area (Å²) in [6, 6.07) is 26.0. The van der Waals surface area contributed by atoms with Crippen LogP contribution in [0.25, 0.3) is 22.1 Å². The highest BCUT2D eigenvalue weighted by atomic mass is 16.5. The molecular formula is C22H17NO2. The van der Waals surface area contributed by atoms with Crippen LogP contribution in [0, 0.1) is 0 Å². The molecule has 4 rings (SSSR count). The van der Waals surface area contributed by atoms with E-state index in [1.165, 1.54) is 10.8 Å². The SMILES string of the molecule is COc1ccc(N=Cc2ccc(-c3cccc4ccccc34)o2)cc1. The topological polar surface area (TPSA) is 34.7 Å². The predicted octanol–water partition coefficient (Wildman–Crippen LogP) is 5.86. The minimum Gasteiger partial charge on any atom is -0.497 e. The highest BCUT2D eigenvalue weighted by molar-refractivity contribution is 5.95. The molecule has 0 atom stereocenters. The van der Waals surface area contributed by atoms with E-state index in [1.807, 2.05) is 54.6 Å². The highest BCUT2D eigenvalue weighted by Gasteiger charge is 2.07. The molecule has 4 aromatic rings. The van der Waals surface area contributed by atoms with Crippen molar-refractivity contribution in [2.24, 2.45) is 4.99 Å². The fraction of sp³-hybridized carbons (Fsp3) is 0.0455. The monoisotopic (exact) mass is 327 g/mol. The van der Waals surface area contributed by atoms with Gasteiger partial charge in [-0.1, -0.05) is 42.5 Å². The lowest BCUT2D eigenvalue weighted by Crippen LogP contribution is -1.80. The molecule has 0 bridgehead atoms. The number of ether oxygens (including phenoxy) is 1. The molecule has 3 aromatic carbocycles. The van der Waals surface area contributed by atoms with E-state index in [1.54, 1.807) is 13.3 Å². The first-order valence-electron chi connectivity index (χ1n) is 8.09. The molecular weight excluding hydrogens is 310 g/mol. The molecule has 0 aliphatic carbocycles. The Morgan fingerprint density at radius 2 is 1.64 bits per heavy atom. The number of hydrogen-bond donors (Lipinski definition) is 0. The van der Waals surface area contributed by atoms with Gasteiger partial charge in [0.2, 0.25) is 0 Å². The first-order chi connectivity index (χ1) is 12.3. The van der Waals surface area contributed by atoms with Crippen molar-refractivity contribution in [2.45, 2.75) is 0 Å². The smallest absolute Gasteiger partial charge is 0.145 e. The molecule has 0 N–H and O–H groups in total. The maximum absolute atomic E-state index is 5.97. The van der Waals surface area contributed by atoms with Crippen LogP contribution in [0.1, 0.15) is 5.76 Å². The number of furan rings is 1. The van der Waals surface area contributed by atoms with E-state index in [2.05, 4.69) is 29.3 Å². The summed E-state index contributed by atoms with van der Waals surface area (Å²) in [5, 5.41) is 2.38. The summed E-state index contributed by atoms with van der Waals surface area (Å²) in [5.41, 5.74) is 1.94. The van der Waals surface area contributed by atoms with Gasteiger partial charge in [0.05, 0.1) is 19.0 Å². The second-order valence-electron chi connectivity index (χ2n) is 5.68. The van der Waals surface area contributed by atoms with Crippen LogP contribution in [0.5, 0.6) is 5.75 Å². The lowest BCUT2D eigenvalue weighted by atomic mass is 10.0. The summed E-state index contributed by atoms with van der Waals surface area (Å²) in [7, 11) is 1.65. The number of benzene rings is 3. The molecule has 0 aliphatic rings. The van der Waals surface area contributed by atoms with Crippen LogP contribution < -0.4 is 4.74 Å². The summed E-state index contributed by atoms with van der Waals surface area (Å²) in [6.07, 6.45) is 1.73. The summed E-state index contributed by atoms with van der Waals surface area (Å²) < 4.78 is 11.1. The van der Waals surface area contributed by atoms with Crippen molar-refractivity contribution in [3.05, 3.63) is 84.6 Å². The Balaban J connectivity index is 1.62. The molecule has 0 fully saturated rings. The minimum absolute atomic E-state index is 0.721. The molecule has 3 heteroatoms. The zero-order chi connectivity index (χ0) is 17.1. The second kappa shape index (κ2) is 6.65. The molecule has 1 aromatic heterocycles. The van der Waals surface area contributed by atoms with Gasteiger partial charge in [0.1, 0.15) is 17.3 Å². The molecule has 0 amide bonds. The summed E-state index contributed by atoms with van der Waals surface area (Å²) in [5.74, 6) is 2.38. The molecule has 3 nitrogen and oxygen atoms in total. The van der Waals surface area contributed by atoms with Crippen LogP contribution in [-0.4, -0.2) is 13.3 Å². The van der Waals surface area contributed by atoms with Crippen molar-refractivity contribution >= 4 is 22.7 Å². The second-order valence-corrected chi connectivity index (χ2v) is 5.68. The Morgan fingerprint density at radius 3 is 2.48 bits per heavy atom. The van der Waals surface area contributed by atoms with E-state index in [4.69, 9.17) is 9.15 Å². The zero-order valence-electron chi connectivity index (χ0n) is 13.8.